The molecule has 0 atom stereocenters. The molecule has 0 aliphatic rings. The van der Waals surface area contributed by atoms with Crippen LogP contribution in [-0.2, 0) is 0 Å². The number of anilines is 1. The van der Waals surface area contributed by atoms with E-state index in [0.29, 0.717) is 19.5 Å². The minimum Gasteiger partial charge on any atom is -0.316 e. The molecule has 21 heavy (non-hydrogen) atoms. The normalized spacial score (nSPS) is 10.2. The Bertz CT molecular complexity index is 737. The quantitative estimate of drug-likeness (QED) is 0.544. The number of nitrogens with one attached hydrogen (secondary N) is 1. The second-order valence-electron chi connectivity index (χ2n) is 4.00. The molecule has 0 fully saturated rings. The summed E-state index contributed by atoms with van der Waals surface area (Å²) in [6, 6.07) is 9.13. The van der Waals surface area contributed by atoms with Crippen molar-refractivity contribution in [2.24, 2.45) is 0 Å². The van der Waals surface area contributed by atoms with E-state index in [9.17, 15) is 14.9 Å². The fraction of sp³-hybridized carbons (Fsp3) is 0. The minimum atomic E-state index is -0.562. The lowest BCUT2D eigenvalue weighted by Gasteiger charge is -2.08. The summed E-state index contributed by atoms with van der Waals surface area (Å²) in [7, 11) is 0. The van der Waals surface area contributed by atoms with Crippen LogP contribution in [0.25, 0.3) is 0 Å². The molecule has 0 saturated carbocycles. The molecule has 2 aromatic rings. The Kier molecular flexibility index (Phi) is 4.97. The number of hydrogen-bond donors (Lipinski definition) is 1. The van der Waals surface area contributed by atoms with E-state index in [1.807, 2.05) is 0 Å². The highest BCUT2D eigenvalue weighted by Gasteiger charge is 2.18. The third-order valence-corrected chi connectivity index (χ3v) is 4.00. The molecular weight excluding hydrogens is 427 g/mol. The molecule has 0 heterocycles. The molecule has 0 unspecified atom stereocenters. The fourth-order valence-electron chi connectivity index (χ4n) is 1.62. The average Bonchev–Trinajstić information content (AvgIpc) is 2.43. The van der Waals surface area contributed by atoms with E-state index in [2.05, 4.69) is 37.2 Å². The van der Waals surface area contributed by atoms with Crippen LogP contribution in [0.2, 0.25) is 5.02 Å². The lowest BCUT2D eigenvalue weighted by molar-refractivity contribution is -0.384. The first-order valence-corrected chi connectivity index (χ1v) is 7.55. The van der Waals surface area contributed by atoms with Gasteiger partial charge in [0.25, 0.3) is 11.6 Å². The molecule has 1 N–H and O–H groups in total. The number of nitrogens with zero attached hydrogens (tertiary/aromatic N) is 1. The standard InChI is InChI=1S/C13H7Br2ClN2O3/c14-7-1-4-11(12(5-7)18(20)21)17-13(19)9-6-8(16)2-3-10(9)15/h1-6H,(H,17,19). The first kappa shape index (κ1) is 15.9. The molecule has 8 heteroatoms. The van der Waals surface area contributed by atoms with Crippen molar-refractivity contribution in [2.75, 3.05) is 5.32 Å². The summed E-state index contributed by atoms with van der Waals surface area (Å²) < 4.78 is 1.10. The summed E-state index contributed by atoms with van der Waals surface area (Å²) in [5, 5.41) is 13.9. The van der Waals surface area contributed by atoms with Crippen LogP contribution in [0.1, 0.15) is 10.4 Å². The number of hydrogen-bond acceptors (Lipinski definition) is 3. The van der Waals surface area contributed by atoms with Gasteiger partial charge in [-0.25, -0.2) is 0 Å². The lowest BCUT2D eigenvalue weighted by atomic mass is 10.2. The van der Waals surface area contributed by atoms with Gasteiger partial charge in [0.1, 0.15) is 5.69 Å². The Balaban J connectivity index is 2.36. The van der Waals surface area contributed by atoms with Crippen LogP contribution in [0.15, 0.2) is 45.3 Å². The number of benzene rings is 2. The Hall–Kier alpha value is -1.44. The van der Waals surface area contributed by atoms with E-state index in [0.717, 1.165) is 0 Å². The average molecular weight is 434 g/mol. The molecule has 1 amide bonds. The number of carbonyl (C=O) groups excluding carboxylic acids is 1. The van der Waals surface area contributed by atoms with Crippen molar-refractivity contribution in [3.63, 3.8) is 0 Å². The maximum absolute atomic E-state index is 12.2. The van der Waals surface area contributed by atoms with Gasteiger partial charge in [0.15, 0.2) is 0 Å². The van der Waals surface area contributed by atoms with Crippen molar-refractivity contribution >= 4 is 60.7 Å². The summed E-state index contributed by atoms with van der Waals surface area (Å²) in [5.41, 5.74) is 0.204. The molecule has 0 aliphatic heterocycles. The van der Waals surface area contributed by atoms with Crippen LogP contribution in [0.5, 0.6) is 0 Å². The summed E-state index contributed by atoms with van der Waals surface area (Å²) in [6.07, 6.45) is 0. The first-order chi connectivity index (χ1) is 9.88. The van der Waals surface area contributed by atoms with E-state index in [1.165, 1.54) is 18.2 Å². The van der Waals surface area contributed by atoms with Gasteiger partial charge in [-0.1, -0.05) is 27.5 Å². The number of rotatable bonds is 3. The maximum Gasteiger partial charge on any atom is 0.293 e. The monoisotopic (exact) mass is 432 g/mol. The van der Waals surface area contributed by atoms with Crippen molar-refractivity contribution in [3.8, 4) is 0 Å². The molecule has 2 aromatic carbocycles. The molecule has 2 rings (SSSR count). The number of nitro benzene ring substituents is 1. The van der Waals surface area contributed by atoms with E-state index < -0.39 is 10.8 Å². The fourth-order valence-corrected chi connectivity index (χ4v) is 2.57. The van der Waals surface area contributed by atoms with Crippen LogP contribution in [0.3, 0.4) is 0 Å². The molecule has 108 valence electrons. The highest BCUT2D eigenvalue weighted by Crippen LogP contribution is 2.29. The smallest absolute Gasteiger partial charge is 0.293 e. The van der Waals surface area contributed by atoms with E-state index in [-0.39, 0.29) is 11.4 Å². The zero-order valence-electron chi connectivity index (χ0n) is 10.3. The molecule has 0 bridgehead atoms. The van der Waals surface area contributed by atoms with Gasteiger partial charge >= 0.3 is 0 Å². The summed E-state index contributed by atoms with van der Waals surface area (Å²) in [5.74, 6) is -0.491. The van der Waals surface area contributed by atoms with Gasteiger partial charge in [0.05, 0.1) is 10.5 Å². The van der Waals surface area contributed by atoms with E-state index in [4.69, 9.17) is 11.6 Å². The zero-order chi connectivity index (χ0) is 15.6. The van der Waals surface area contributed by atoms with E-state index >= 15 is 0 Å². The predicted octanol–water partition coefficient (Wildman–Crippen LogP) is 5.03. The van der Waals surface area contributed by atoms with Crippen LogP contribution in [0.4, 0.5) is 11.4 Å². The maximum atomic E-state index is 12.2. The Morgan fingerprint density at radius 1 is 1.19 bits per heavy atom. The predicted molar refractivity (Wildman–Crippen MR) is 87.9 cm³/mol. The van der Waals surface area contributed by atoms with Crippen molar-refractivity contribution < 1.29 is 9.72 Å². The van der Waals surface area contributed by atoms with Crippen molar-refractivity contribution in [2.45, 2.75) is 0 Å². The third kappa shape index (κ3) is 3.81. The summed E-state index contributed by atoms with van der Waals surface area (Å²) >= 11 is 12.2. The molecule has 0 spiro atoms. The second kappa shape index (κ2) is 6.55. The molecule has 0 saturated heterocycles. The van der Waals surface area contributed by atoms with Crippen molar-refractivity contribution in [3.05, 3.63) is 66.0 Å². The Labute approximate surface area is 141 Å². The van der Waals surface area contributed by atoms with Gasteiger partial charge in [-0.05, 0) is 46.3 Å². The first-order valence-electron chi connectivity index (χ1n) is 5.59. The number of nitro groups is 1. The van der Waals surface area contributed by atoms with Gasteiger partial charge in [-0.2, -0.15) is 0 Å². The SMILES string of the molecule is O=C(Nc1ccc(Br)cc1[N+](=O)[O-])c1cc(Cl)ccc1Br. The molecule has 0 aliphatic carbocycles. The number of amides is 1. The van der Waals surface area contributed by atoms with Crippen LogP contribution >= 0.6 is 43.5 Å². The highest BCUT2D eigenvalue weighted by molar-refractivity contribution is 9.10. The molecule has 5 nitrogen and oxygen atoms in total. The van der Waals surface area contributed by atoms with Gasteiger partial charge < -0.3 is 5.32 Å². The van der Waals surface area contributed by atoms with Crippen molar-refractivity contribution in [1.29, 1.82) is 0 Å². The Morgan fingerprint density at radius 3 is 2.57 bits per heavy atom. The van der Waals surface area contributed by atoms with Gasteiger partial charge in [-0.3, -0.25) is 14.9 Å². The highest BCUT2D eigenvalue weighted by atomic mass is 79.9. The number of halogens is 3. The third-order valence-electron chi connectivity index (χ3n) is 2.58. The van der Waals surface area contributed by atoms with E-state index in [1.54, 1.807) is 18.2 Å². The summed E-state index contributed by atoms with van der Waals surface area (Å²) in [6.45, 7) is 0. The van der Waals surface area contributed by atoms with Crippen LogP contribution in [0, 0.1) is 10.1 Å². The number of carbonyl (C=O) groups is 1. The van der Waals surface area contributed by atoms with Crippen molar-refractivity contribution in [1.82, 2.24) is 0 Å². The van der Waals surface area contributed by atoms with Gasteiger partial charge in [-0.15, -0.1) is 0 Å². The zero-order valence-corrected chi connectivity index (χ0v) is 14.2. The lowest BCUT2D eigenvalue weighted by Crippen LogP contribution is -2.13. The Morgan fingerprint density at radius 2 is 1.90 bits per heavy atom. The van der Waals surface area contributed by atoms with Gasteiger partial charge in [0.2, 0.25) is 0 Å². The molecule has 0 radical (unpaired) electrons. The topological polar surface area (TPSA) is 72.2 Å². The van der Waals surface area contributed by atoms with Gasteiger partial charge in [0, 0.05) is 20.0 Å². The minimum absolute atomic E-state index is 0.111. The second-order valence-corrected chi connectivity index (χ2v) is 6.20. The summed E-state index contributed by atoms with van der Waals surface area (Å²) in [4.78, 5) is 22.7. The molecular formula is C13H7Br2ClN2O3. The largest absolute Gasteiger partial charge is 0.316 e. The van der Waals surface area contributed by atoms with Crippen LogP contribution in [-0.4, -0.2) is 10.8 Å². The molecule has 0 aromatic heterocycles. The van der Waals surface area contributed by atoms with Crippen LogP contribution < -0.4 is 5.32 Å².